The van der Waals surface area contributed by atoms with Gasteiger partial charge in [-0.25, -0.2) is 0 Å². The highest BCUT2D eigenvalue weighted by molar-refractivity contribution is 9.10. The molecule has 7 heteroatoms. The van der Waals surface area contributed by atoms with Crippen LogP contribution in [0.25, 0.3) is 0 Å². The first kappa shape index (κ1) is 14.8. The fourth-order valence-corrected chi connectivity index (χ4v) is 2.11. The molecule has 0 saturated heterocycles. The molecule has 2 aromatic rings. The van der Waals surface area contributed by atoms with Gasteiger partial charge in [0.2, 0.25) is 5.91 Å². The molecule has 0 aliphatic heterocycles. The van der Waals surface area contributed by atoms with Crippen molar-refractivity contribution < 1.29 is 4.79 Å². The van der Waals surface area contributed by atoms with Gasteiger partial charge in [-0.3, -0.25) is 14.2 Å². The maximum absolute atomic E-state index is 12.4. The Morgan fingerprint density at radius 2 is 2.10 bits per heavy atom. The van der Waals surface area contributed by atoms with E-state index in [9.17, 15) is 4.79 Å². The summed E-state index contributed by atoms with van der Waals surface area (Å²) in [6.45, 7) is 6.10. The molecule has 0 fully saturated rings. The number of rotatable bonds is 4. The van der Waals surface area contributed by atoms with Gasteiger partial charge in [0, 0.05) is 31.0 Å². The zero-order chi connectivity index (χ0) is 14.9. The number of carbonyl (C=O) groups excluding carboxylic acids is 1. The van der Waals surface area contributed by atoms with E-state index in [0.717, 1.165) is 15.7 Å². The molecule has 0 saturated carbocycles. The lowest BCUT2D eigenvalue weighted by Crippen LogP contribution is -2.44. The van der Waals surface area contributed by atoms with Crippen LogP contribution in [0.5, 0.6) is 0 Å². The summed E-state index contributed by atoms with van der Waals surface area (Å²) in [7, 11) is 1.88. The predicted molar refractivity (Wildman–Crippen MR) is 79.0 cm³/mol. The molecule has 2 aromatic heterocycles. The number of hydrogen-bond acceptors (Lipinski definition) is 3. The van der Waals surface area contributed by atoms with Crippen LogP contribution in [0, 0.1) is 6.92 Å². The van der Waals surface area contributed by atoms with Gasteiger partial charge in [-0.1, -0.05) is 0 Å². The fraction of sp³-hybridized carbons (Fsp3) is 0.462. The molecule has 0 radical (unpaired) electrons. The van der Waals surface area contributed by atoms with Crippen molar-refractivity contribution in [3.8, 4) is 0 Å². The summed E-state index contributed by atoms with van der Waals surface area (Å²) in [5.41, 5.74) is 1.31. The van der Waals surface area contributed by atoms with E-state index >= 15 is 0 Å². The minimum Gasteiger partial charge on any atom is -0.350 e. The normalized spacial score (nSPS) is 11.7. The van der Waals surface area contributed by atoms with E-state index in [-0.39, 0.29) is 5.91 Å². The van der Waals surface area contributed by atoms with Crippen LogP contribution in [0.15, 0.2) is 23.1 Å². The number of hydrogen-bond donors (Lipinski definition) is 1. The van der Waals surface area contributed by atoms with Gasteiger partial charge in [-0.05, 0) is 36.7 Å². The number of aromatic nitrogens is 4. The Morgan fingerprint density at radius 3 is 2.60 bits per heavy atom. The summed E-state index contributed by atoms with van der Waals surface area (Å²) in [5.74, 6) is -0.0867. The number of halogens is 1. The molecule has 20 heavy (non-hydrogen) atoms. The summed E-state index contributed by atoms with van der Waals surface area (Å²) >= 11 is 3.34. The van der Waals surface area contributed by atoms with Crippen LogP contribution in [-0.4, -0.2) is 25.5 Å². The van der Waals surface area contributed by atoms with Gasteiger partial charge in [-0.2, -0.15) is 10.2 Å². The Hall–Kier alpha value is -1.63. The minimum absolute atomic E-state index is 0.0867. The second kappa shape index (κ2) is 5.40. The van der Waals surface area contributed by atoms with Crippen molar-refractivity contribution in [3.63, 3.8) is 0 Å². The molecular weight excluding hydrogens is 322 g/mol. The maximum Gasteiger partial charge on any atom is 0.247 e. The first-order chi connectivity index (χ1) is 9.32. The number of aryl methyl sites for hydroxylation is 1. The van der Waals surface area contributed by atoms with Crippen LogP contribution < -0.4 is 5.32 Å². The average molecular weight is 340 g/mol. The number of nitrogens with one attached hydrogen (secondary N) is 1. The number of nitrogens with zero attached hydrogens (tertiary/aromatic N) is 4. The van der Waals surface area contributed by atoms with Crippen molar-refractivity contribution in [1.82, 2.24) is 24.9 Å². The molecule has 108 valence electrons. The van der Waals surface area contributed by atoms with Crippen molar-refractivity contribution in [1.29, 1.82) is 0 Å². The minimum atomic E-state index is -0.748. The molecule has 0 unspecified atom stereocenters. The number of carbonyl (C=O) groups is 1. The summed E-state index contributed by atoms with van der Waals surface area (Å²) < 4.78 is 4.28. The third kappa shape index (κ3) is 2.77. The van der Waals surface area contributed by atoms with Crippen LogP contribution in [0.2, 0.25) is 0 Å². The quantitative estimate of drug-likeness (QED) is 0.922. The lowest BCUT2D eigenvalue weighted by molar-refractivity contribution is -0.129. The zero-order valence-corrected chi connectivity index (χ0v) is 13.6. The monoisotopic (exact) mass is 339 g/mol. The van der Waals surface area contributed by atoms with E-state index in [0.29, 0.717) is 6.54 Å². The maximum atomic E-state index is 12.4. The number of amides is 1. The van der Waals surface area contributed by atoms with Gasteiger partial charge in [-0.15, -0.1) is 0 Å². The first-order valence-electron chi connectivity index (χ1n) is 6.29. The van der Waals surface area contributed by atoms with Crippen molar-refractivity contribution in [2.75, 3.05) is 0 Å². The second-order valence-corrected chi connectivity index (χ2v) is 6.14. The van der Waals surface area contributed by atoms with Gasteiger partial charge in [0.1, 0.15) is 5.54 Å². The summed E-state index contributed by atoms with van der Waals surface area (Å²) in [6, 6.07) is 0. The highest BCUT2D eigenvalue weighted by Gasteiger charge is 2.30. The molecule has 0 spiro atoms. The Balaban J connectivity index is 2.06. The smallest absolute Gasteiger partial charge is 0.247 e. The van der Waals surface area contributed by atoms with Gasteiger partial charge in [0.05, 0.1) is 16.9 Å². The van der Waals surface area contributed by atoms with Crippen LogP contribution >= 0.6 is 15.9 Å². The molecule has 0 aliphatic carbocycles. The second-order valence-electron chi connectivity index (χ2n) is 5.22. The molecule has 0 aliphatic rings. The topological polar surface area (TPSA) is 64.7 Å². The summed E-state index contributed by atoms with van der Waals surface area (Å²) in [6.07, 6.45) is 5.22. The van der Waals surface area contributed by atoms with E-state index in [1.807, 2.05) is 27.8 Å². The van der Waals surface area contributed by atoms with Crippen LogP contribution in [-0.2, 0) is 23.9 Å². The Labute approximate surface area is 126 Å². The van der Waals surface area contributed by atoms with Gasteiger partial charge >= 0.3 is 0 Å². The molecule has 2 rings (SSSR count). The van der Waals surface area contributed by atoms with E-state index in [1.165, 1.54) is 0 Å². The highest BCUT2D eigenvalue weighted by atomic mass is 79.9. The SMILES string of the molecule is Cc1c(CNC(=O)C(C)(C)n2cc(Br)cn2)cnn1C. The third-order valence-corrected chi connectivity index (χ3v) is 3.87. The molecule has 1 N–H and O–H groups in total. The molecule has 1 amide bonds. The highest BCUT2D eigenvalue weighted by Crippen LogP contribution is 2.18. The Bertz CT molecular complexity index is 628. The lowest BCUT2D eigenvalue weighted by Gasteiger charge is -2.24. The standard InChI is InChI=1S/C13H18BrN5O/c1-9-10(6-16-18(9)4)5-15-12(20)13(2,3)19-8-11(14)7-17-19/h6-8H,5H2,1-4H3,(H,15,20). The van der Waals surface area contributed by atoms with Crippen LogP contribution in [0.1, 0.15) is 25.1 Å². The van der Waals surface area contributed by atoms with Gasteiger partial charge < -0.3 is 5.32 Å². The average Bonchev–Trinajstić information content (AvgIpc) is 2.96. The van der Waals surface area contributed by atoms with Crippen molar-refractivity contribution in [3.05, 3.63) is 34.3 Å². The Kier molecular flexibility index (Phi) is 3.99. The van der Waals surface area contributed by atoms with Crippen LogP contribution in [0.4, 0.5) is 0 Å². The van der Waals surface area contributed by atoms with Crippen molar-refractivity contribution in [2.45, 2.75) is 32.9 Å². The van der Waals surface area contributed by atoms with Crippen molar-refractivity contribution >= 4 is 21.8 Å². The van der Waals surface area contributed by atoms with Gasteiger partial charge in [0.25, 0.3) is 0 Å². The molecule has 0 aromatic carbocycles. The van der Waals surface area contributed by atoms with Gasteiger partial charge in [0.15, 0.2) is 0 Å². The summed E-state index contributed by atoms with van der Waals surface area (Å²) in [4.78, 5) is 12.4. The lowest BCUT2D eigenvalue weighted by atomic mass is 10.0. The predicted octanol–water partition coefficient (Wildman–Crippen LogP) is 1.74. The molecule has 6 nitrogen and oxygen atoms in total. The van der Waals surface area contributed by atoms with E-state index < -0.39 is 5.54 Å². The molecular formula is C13H18BrN5O. The third-order valence-electron chi connectivity index (χ3n) is 3.46. The van der Waals surface area contributed by atoms with E-state index in [4.69, 9.17) is 0 Å². The molecule has 2 heterocycles. The van der Waals surface area contributed by atoms with Crippen LogP contribution in [0.3, 0.4) is 0 Å². The Morgan fingerprint density at radius 1 is 1.40 bits per heavy atom. The van der Waals surface area contributed by atoms with Crippen molar-refractivity contribution in [2.24, 2.45) is 7.05 Å². The van der Waals surface area contributed by atoms with E-state index in [1.54, 1.807) is 28.0 Å². The molecule has 0 bridgehead atoms. The first-order valence-corrected chi connectivity index (χ1v) is 7.08. The van der Waals surface area contributed by atoms with E-state index in [2.05, 4.69) is 31.4 Å². The summed E-state index contributed by atoms with van der Waals surface area (Å²) in [5, 5.41) is 11.3. The zero-order valence-electron chi connectivity index (χ0n) is 12.0. The largest absolute Gasteiger partial charge is 0.350 e. The fourth-order valence-electron chi connectivity index (χ4n) is 1.82. The molecule has 0 atom stereocenters.